The lowest BCUT2D eigenvalue weighted by atomic mass is 10.2. The van der Waals surface area contributed by atoms with Crippen molar-refractivity contribution in [1.29, 1.82) is 0 Å². The van der Waals surface area contributed by atoms with E-state index in [0.717, 1.165) is 12.8 Å². The molecular formula is C15H25NO5. The summed E-state index contributed by atoms with van der Waals surface area (Å²) < 4.78 is 5.70. The third-order valence-electron chi connectivity index (χ3n) is 3.59. The molecule has 0 aromatic heterocycles. The highest BCUT2D eigenvalue weighted by atomic mass is 16.5. The molecule has 0 spiro atoms. The molecule has 120 valence electrons. The number of hydrogen-bond donors (Lipinski definition) is 2. The smallest absolute Gasteiger partial charge is 0.326 e. The van der Waals surface area contributed by atoms with Crippen LogP contribution in [-0.4, -0.2) is 57.9 Å². The van der Waals surface area contributed by atoms with Crippen LogP contribution in [0.4, 0.5) is 0 Å². The van der Waals surface area contributed by atoms with E-state index in [-0.39, 0.29) is 37.5 Å². The van der Waals surface area contributed by atoms with Crippen molar-refractivity contribution >= 4 is 11.9 Å². The predicted molar refractivity (Wildman–Crippen MR) is 77.8 cm³/mol. The number of ether oxygens (including phenoxy) is 1. The summed E-state index contributed by atoms with van der Waals surface area (Å²) in [4.78, 5) is 24.5. The first-order valence-corrected chi connectivity index (χ1v) is 7.31. The van der Waals surface area contributed by atoms with Crippen LogP contribution in [0.25, 0.3) is 0 Å². The van der Waals surface area contributed by atoms with Crippen LogP contribution in [-0.2, 0) is 14.3 Å². The molecule has 1 heterocycles. The maximum absolute atomic E-state index is 12.2. The van der Waals surface area contributed by atoms with Gasteiger partial charge < -0.3 is 19.8 Å². The van der Waals surface area contributed by atoms with Gasteiger partial charge >= 0.3 is 5.97 Å². The number of β-amino-alcohol motifs (C(OH)–C–C–N with tert-alkyl or cyclic N) is 1. The molecule has 0 aromatic rings. The Kier molecular flexibility index (Phi) is 6.84. The molecule has 0 aromatic carbocycles. The second-order valence-corrected chi connectivity index (χ2v) is 5.62. The molecule has 4 atom stereocenters. The summed E-state index contributed by atoms with van der Waals surface area (Å²) in [5.74, 6) is -1.37. The van der Waals surface area contributed by atoms with E-state index in [4.69, 9.17) is 9.84 Å². The van der Waals surface area contributed by atoms with Gasteiger partial charge in [-0.2, -0.15) is 0 Å². The lowest BCUT2D eigenvalue weighted by molar-refractivity contribution is -0.149. The first-order valence-electron chi connectivity index (χ1n) is 7.31. The third-order valence-corrected chi connectivity index (χ3v) is 3.59. The minimum atomic E-state index is -1.08. The van der Waals surface area contributed by atoms with E-state index in [9.17, 15) is 14.7 Å². The number of amides is 1. The van der Waals surface area contributed by atoms with Crippen molar-refractivity contribution in [2.45, 2.75) is 63.9 Å². The van der Waals surface area contributed by atoms with Gasteiger partial charge in [0.05, 0.1) is 24.7 Å². The number of carboxylic acid groups (broad SMARTS) is 1. The van der Waals surface area contributed by atoms with Gasteiger partial charge in [0.1, 0.15) is 6.04 Å². The molecule has 0 unspecified atom stereocenters. The maximum atomic E-state index is 12.2. The fourth-order valence-corrected chi connectivity index (χ4v) is 2.55. The molecule has 1 aliphatic rings. The zero-order chi connectivity index (χ0) is 16.0. The first-order chi connectivity index (χ1) is 9.85. The SMILES string of the molecule is C=CCC[C@@H](C)O[C@@H](C)CC(=O)N1C[C@@H](O)C[C@H]1C(=O)O. The van der Waals surface area contributed by atoms with Gasteiger partial charge in [-0.1, -0.05) is 6.08 Å². The minimum absolute atomic E-state index is 0.0187. The van der Waals surface area contributed by atoms with Gasteiger partial charge in [0, 0.05) is 13.0 Å². The Labute approximate surface area is 125 Å². The summed E-state index contributed by atoms with van der Waals surface area (Å²) in [5.41, 5.74) is 0. The van der Waals surface area contributed by atoms with Gasteiger partial charge in [0.25, 0.3) is 0 Å². The lowest BCUT2D eigenvalue weighted by Gasteiger charge is -2.24. The Morgan fingerprint density at radius 2 is 2.10 bits per heavy atom. The number of aliphatic hydroxyl groups excluding tert-OH is 1. The zero-order valence-electron chi connectivity index (χ0n) is 12.7. The molecule has 0 aliphatic carbocycles. The first kappa shape index (κ1) is 17.7. The van der Waals surface area contributed by atoms with Crippen LogP contribution in [0.5, 0.6) is 0 Å². The average Bonchev–Trinajstić information content (AvgIpc) is 2.78. The van der Waals surface area contributed by atoms with E-state index in [1.165, 1.54) is 4.90 Å². The van der Waals surface area contributed by atoms with Gasteiger partial charge in [-0.15, -0.1) is 6.58 Å². The standard InChI is InChI=1S/C15H25NO5/c1-4-5-6-10(2)21-11(3)7-14(18)16-9-12(17)8-13(16)15(19)20/h4,10-13,17H,1,5-9H2,2-3H3,(H,19,20)/t10-,11+,12+,13+/m1/s1. The normalized spacial score (nSPS) is 24.6. The molecule has 6 nitrogen and oxygen atoms in total. The summed E-state index contributed by atoms with van der Waals surface area (Å²) in [6, 6.07) is -0.933. The number of aliphatic hydroxyl groups is 1. The van der Waals surface area contributed by atoms with Crippen LogP contribution in [0.3, 0.4) is 0 Å². The number of carbonyl (C=O) groups is 2. The Bertz CT molecular complexity index is 384. The van der Waals surface area contributed by atoms with E-state index < -0.39 is 18.1 Å². The predicted octanol–water partition coefficient (Wildman–Crippen LogP) is 1.18. The molecule has 1 saturated heterocycles. The van der Waals surface area contributed by atoms with E-state index in [1.807, 2.05) is 13.0 Å². The van der Waals surface area contributed by atoms with Crippen molar-refractivity contribution in [2.75, 3.05) is 6.54 Å². The Morgan fingerprint density at radius 3 is 2.67 bits per heavy atom. The van der Waals surface area contributed by atoms with Crippen LogP contribution in [0.15, 0.2) is 12.7 Å². The van der Waals surface area contributed by atoms with Crippen molar-refractivity contribution < 1.29 is 24.5 Å². The highest BCUT2D eigenvalue weighted by molar-refractivity contribution is 5.84. The van der Waals surface area contributed by atoms with E-state index >= 15 is 0 Å². The molecule has 0 bridgehead atoms. The molecule has 0 radical (unpaired) electrons. The Hall–Kier alpha value is -1.40. The number of likely N-dealkylation sites (tertiary alicyclic amines) is 1. The molecule has 1 fully saturated rings. The fraction of sp³-hybridized carbons (Fsp3) is 0.733. The van der Waals surface area contributed by atoms with Crippen LogP contribution in [0.2, 0.25) is 0 Å². The molecule has 0 saturated carbocycles. The lowest BCUT2D eigenvalue weighted by Crippen LogP contribution is -2.42. The van der Waals surface area contributed by atoms with Crippen molar-refractivity contribution in [2.24, 2.45) is 0 Å². The maximum Gasteiger partial charge on any atom is 0.326 e. The second kappa shape index (κ2) is 8.14. The van der Waals surface area contributed by atoms with Crippen molar-refractivity contribution in [3.63, 3.8) is 0 Å². The van der Waals surface area contributed by atoms with Crippen LogP contribution in [0, 0.1) is 0 Å². The molecule has 1 rings (SSSR count). The molecule has 2 N–H and O–H groups in total. The number of hydrogen-bond acceptors (Lipinski definition) is 4. The number of carboxylic acids is 1. The van der Waals surface area contributed by atoms with Gasteiger partial charge in [-0.25, -0.2) is 4.79 Å². The average molecular weight is 299 g/mol. The molecule has 1 aliphatic heterocycles. The van der Waals surface area contributed by atoms with Gasteiger partial charge in [0.2, 0.25) is 5.91 Å². The van der Waals surface area contributed by atoms with Gasteiger partial charge in [-0.3, -0.25) is 4.79 Å². The number of allylic oxidation sites excluding steroid dienone is 1. The quantitative estimate of drug-likeness (QED) is 0.657. The second-order valence-electron chi connectivity index (χ2n) is 5.62. The number of aliphatic carboxylic acids is 1. The minimum Gasteiger partial charge on any atom is -0.480 e. The zero-order valence-corrected chi connectivity index (χ0v) is 12.7. The molecule has 6 heteroatoms. The molecule has 1 amide bonds. The summed E-state index contributed by atoms with van der Waals surface area (Å²) >= 11 is 0. The van der Waals surface area contributed by atoms with Crippen molar-refractivity contribution in [3.05, 3.63) is 12.7 Å². The number of nitrogens with zero attached hydrogens (tertiary/aromatic N) is 1. The molecular weight excluding hydrogens is 274 g/mol. The topological polar surface area (TPSA) is 87.1 Å². The largest absolute Gasteiger partial charge is 0.480 e. The summed E-state index contributed by atoms with van der Waals surface area (Å²) in [6.07, 6.45) is 2.68. The highest BCUT2D eigenvalue weighted by Crippen LogP contribution is 2.20. The Balaban J connectivity index is 2.48. The summed E-state index contributed by atoms with van der Waals surface area (Å²) in [5, 5.41) is 18.6. The van der Waals surface area contributed by atoms with Crippen LogP contribution < -0.4 is 0 Å². The van der Waals surface area contributed by atoms with Gasteiger partial charge in [-0.05, 0) is 26.7 Å². The summed E-state index contributed by atoms with van der Waals surface area (Å²) in [7, 11) is 0. The monoisotopic (exact) mass is 299 g/mol. The Morgan fingerprint density at radius 1 is 1.43 bits per heavy atom. The number of carbonyl (C=O) groups excluding carboxylic acids is 1. The van der Waals surface area contributed by atoms with E-state index in [2.05, 4.69) is 6.58 Å². The van der Waals surface area contributed by atoms with Crippen LogP contribution >= 0.6 is 0 Å². The molecule has 21 heavy (non-hydrogen) atoms. The highest BCUT2D eigenvalue weighted by Gasteiger charge is 2.39. The van der Waals surface area contributed by atoms with Crippen LogP contribution in [0.1, 0.15) is 39.5 Å². The van der Waals surface area contributed by atoms with E-state index in [1.54, 1.807) is 6.92 Å². The fourth-order valence-electron chi connectivity index (χ4n) is 2.55. The van der Waals surface area contributed by atoms with Crippen molar-refractivity contribution in [1.82, 2.24) is 4.90 Å². The number of rotatable bonds is 8. The third kappa shape index (κ3) is 5.47. The van der Waals surface area contributed by atoms with Crippen molar-refractivity contribution in [3.8, 4) is 0 Å². The summed E-state index contributed by atoms with van der Waals surface area (Å²) in [6.45, 7) is 7.46. The van der Waals surface area contributed by atoms with Gasteiger partial charge in [0.15, 0.2) is 0 Å². The van der Waals surface area contributed by atoms with E-state index in [0.29, 0.717) is 0 Å².